The lowest BCUT2D eigenvalue weighted by Gasteiger charge is -2.19. The molecule has 2 aromatic rings. The van der Waals surface area contributed by atoms with Crippen molar-refractivity contribution in [2.75, 3.05) is 5.32 Å². The minimum absolute atomic E-state index is 0.293. The summed E-state index contributed by atoms with van der Waals surface area (Å²) in [6.45, 7) is 15.3. The van der Waals surface area contributed by atoms with E-state index < -0.39 is 8.07 Å². The Morgan fingerprint density at radius 1 is 0.793 bits per heavy atom. The number of anilines is 1. The predicted molar refractivity (Wildman–Crippen MR) is 127 cm³/mol. The van der Waals surface area contributed by atoms with Crippen LogP contribution in [0, 0.1) is 23.3 Å². The Balaban J connectivity index is 2.39. The van der Waals surface area contributed by atoms with E-state index in [-0.39, 0.29) is 0 Å². The van der Waals surface area contributed by atoms with Crippen molar-refractivity contribution in [3.63, 3.8) is 0 Å². The van der Waals surface area contributed by atoms with Crippen molar-refractivity contribution in [2.24, 2.45) is 0 Å². The molecule has 2 aromatic carbocycles. The van der Waals surface area contributed by atoms with Gasteiger partial charge in [0, 0.05) is 22.4 Å². The Morgan fingerprint density at radius 3 is 1.66 bits per heavy atom. The van der Waals surface area contributed by atoms with Gasteiger partial charge < -0.3 is 5.32 Å². The van der Waals surface area contributed by atoms with Crippen molar-refractivity contribution in [1.29, 1.82) is 0 Å². The first-order valence-corrected chi connectivity index (χ1v) is 13.6. The van der Waals surface area contributed by atoms with Gasteiger partial charge in [-0.05, 0) is 59.4 Å². The Kier molecular flexibility index (Phi) is 7.49. The summed E-state index contributed by atoms with van der Waals surface area (Å²) in [5, 5.41) is 2.90. The van der Waals surface area contributed by atoms with Gasteiger partial charge >= 0.3 is 0 Å². The van der Waals surface area contributed by atoms with Crippen LogP contribution in [0.1, 0.15) is 67.3 Å². The van der Waals surface area contributed by atoms with Crippen molar-refractivity contribution in [2.45, 2.75) is 59.2 Å². The molecule has 0 atom stereocenters. The average molecular weight is 402 g/mol. The molecule has 0 aromatic heterocycles. The first-order valence-electron chi connectivity index (χ1n) is 10.1. The van der Waals surface area contributed by atoms with Gasteiger partial charge in [-0.2, -0.15) is 0 Å². The molecule has 0 aliphatic rings. The van der Waals surface area contributed by atoms with Crippen LogP contribution in [-0.4, -0.2) is 14.5 Å². The van der Waals surface area contributed by atoms with E-state index in [9.17, 15) is 4.79 Å². The highest BCUT2D eigenvalue weighted by molar-refractivity contribution is 6.83. The largest absolute Gasteiger partial charge is 0.328 e. The van der Waals surface area contributed by atoms with Gasteiger partial charge in [-0.3, -0.25) is 4.79 Å². The Bertz CT molecular complexity index is 958. The van der Waals surface area contributed by atoms with Gasteiger partial charge in [0.2, 0.25) is 6.41 Å². The third kappa shape index (κ3) is 6.66. The molecule has 1 N–H and O–H groups in total. The van der Waals surface area contributed by atoms with Crippen molar-refractivity contribution in [1.82, 2.24) is 0 Å². The lowest BCUT2D eigenvalue weighted by atomic mass is 9.90. The molecule has 0 heterocycles. The van der Waals surface area contributed by atoms with E-state index in [4.69, 9.17) is 0 Å². The molecule has 0 bridgehead atoms. The molecular formula is C26H31NOSi. The molecule has 0 aliphatic heterocycles. The van der Waals surface area contributed by atoms with Crippen LogP contribution in [0.4, 0.5) is 5.69 Å². The van der Waals surface area contributed by atoms with Crippen LogP contribution < -0.4 is 5.32 Å². The van der Waals surface area contributed by atoms with E-state index in [1.54, 1.807) is 0 Å². The lowest BCUT2D eigenvalue weighted by Crippen LogP contribution is -2.16. The molecule has 3 heteroatoms. The van der Waals surface area contributed by atoms with Crippen molar-refractivity contribution in [3.05, 3.63) is 64.2 Å². The zero-order valence-corrected chi connectivity index (χ0v) is 19.6. The second-order valence-corrected chi connectivity index (χ2v) is 13.7. The molecule has 0 radical (unpaired) electrons. The normalized spacial score (nSPS) is 10.8. The summed E-state index contributed by atoms with van der Waals surface area (Å²) in [5.41, 5.74) is 9.51. The average Bonchev–Trinajstić information content (AvgIpc) is 2.65. The van der Waals surface area contributed by atoms with E-state index in [1.807, 2.05) is 24.3 Å². The van der Waals surface area contributed by atoms with Crippen LogP contribution in [0.2, 0.25) is 19.6 Å². The van der Waals surface area contributed by atoms with Gasteiger partial charge in [-0.15, -0.1) is 5.54 Å². The summed E-state index contributed by atoms with van der Waals surface area (Å²) in [4.78, 5) is 11.1. The molecule has 1 amide bonds. The minimum atomic E-state index is -1.37. The first kappa shape index (κ1) is 22.5. The van der Waals surface area contributed by atoms with E-state index in [0.717, 1.165) is 39.9 Å². The molecule has 0 unspecified atom stereocenters. The smallest absolute Gasteiger partial charge is 0.211 e. The highest BCUT2D eigenvalue weighted by atomic mass is 28.3. The van der Waals surface area contributed by atoms with E-state index in [1.165, 1.54) is 0 Å². The van der Waals surface area contributed by atoms with Crippen molar-refractivity contribution in [3.8, 4) is 23.3 Å². The highest BCUT2D eigenvalue weighted by Crippen LogP contribution is 2.33. The van der Waals surface area contributed by atoms with Crippen LogP contribution in [0.5, 0.6) is 0 Å². The highest BCUT2D eigenvalue weighted by Gasteiger charge is 2.15. The lowest BCUT2D eigenvalue weighted by molar-refractivity contribution is -0.105. The van der Waals surface area contributed by atoms with E-state index in [2.05, 4.69) is 88.1 Å². The topological polar surface area (TPSA) is 29.1 Å². The molecule has 0 saturated heterocycles. The summed E-state index contributed by atoms with van der Waals surface area (Å²) < 4.78 is 0. The molecule has 0 fully saturated rings. The number of amides is 1. The second-order valence-electron chi connectivity index (χ2n) is 8.93. The number of carbonyl (C=O) groups is 1. The zero-order chi connectivity index (χ0) is 21.6. The predicted octanol–water partition coefficient (Wildman–Crippen LogP) is 6.13. The monoisotopic (exact) mass is 401 g/mol. The summed E-state index contributed by atoms with van der Waals surface area (Å²) in [5.74, 6) is 10.4. The van der Waals surface area contributed by atoms with E-state index in [0.29, 0.717) is 11.8 Å². The molecule has 0 aliphatic carbocycles. The van der Waals surface area contributed by atoms with Gasteiger partial charge in [0.15, 0.2) is 0 Å². The van der Waals surface area contributed by atoms with Gasteiger partial charge in [-0.25, -0.2) is 0 Å². The van der Waals surface area contributed by atoms with Crippen LogP contribution in [-0.2, 0) is 4.79 Å². The van der Waals surface area contributed by atoms with E-state index >= 15 is 0 Å². The quantitative estimate of drug-likeness (QED) is 0.373. The van der Waals surface area contributed by atoms with Crippen LogP contribution in [0.25, 0.3) is 0 Å². The SMILES string of the molecule is CC(C)c1cc(C#Cc2ccc(C#C[Si](C)(C)C)cc2)cc(C(C)C)c1NC=O. The third-order valence-corrected chi connectivity index (χ3v) is 5.34. The fraction of sp³-hybridized carbons (Fsp3) is 0.346. The fourth-order valence-electron chi connectivity index (χ4n) is 2.94. The van der Waals surface area contributed by atoms with Crippen molar-refractivity contribution >= 4 is 20.2 Å². The number of benzene rings is 2. The Labute approximate surface area is 177 Å². The number of carbonyl (C=O) groups excluding carboxylic acids is 1. The second kappa shape index (κ2) is 9.64. The molecule has 29 heavy (non-hydrogen) atoms. The number of nitrogens with one attached hydrogen (secondary N) is 1. The van der Waals surface area contributed by atoms with Gasteiger partial charge in [0.05, 0.1) is 0 Å². The molecular weight excluding hydrogens is 370 g/mol. The number of hydrogen-bond donors (Lipinski definition) is 1. The summed E-state index contributed by atoms with van der Waals surface area (Å²) in [6, 6.07) is 12.3. The van der Waals surface area contributed by atoms with Gasteiger partial charge in [0.25, 0.3) is 0 Å². The molecule has 2 rings (SSSR count). The summed E-state index contributed by atoms with van der Waals surface area (Å²) >= 11 is 0. The van der Waals surface area contributed by atoms with Gasteiger partial charge in [-0.1, -0.05) is 65.1 Å². The fourth-order valence-corrected chi connectivity index (χ4v) is 3.46. The first-order chi connectivity index (χ1) is 13.6. The van der Waals surface area contributed by atoms with Crippen LogP contribution in [0.3, 0.4) is 0 Å². The van der Waals surface area contributed by atoms with Crippen LogP contribution >= 0.6 is 0 Å². The standard InChI is InChI=1S/C26H31NOSi/c1-19(2)24-16-23(17-25(20(3)4)26(24)27-18-28)13-12-21-8-10-22(11-9-21)14-15-29(5,6)7/h8-11,16-20H,1-7H3,(H,27,28). The van der Waals surface area contributed by atoms with Crippen molar-refractivity contribution < 1.29 is 4.79 Å². The molecule has 2 nitrogen and oxygen atoms in total. The Hall–Kier alpha value is -2.75. The maximum Gasteiger partial charge on any atom is 0.211 e. The van der Waals surface area contributed by atoms with Gasteiger partial charge in [0.1, 0.15) is 8.07 Å². The molecule has 150 valence electrons. The zero-order valence-electron chi connectivity index (χ0n) is 18.6. The maximum absolute atomic E-state index is 11.1. The Morgan fingerprint density at radius 2 is 1.24 bits per heavy atom. The van der Waals surface area contributed by atoms with Crippen LogP contribution in [0.15, 0.2) is 36.4 Å². The minimum Gasteiger partial charge on any atom is -0.328 e. The summed E-state index contributed by atoms with van der Waals surface area (Å²) in [7, 11) is -1.37. The maximum atomic E-state index is 11.1. The number of hydrogen-bond acceptors (Lipinski definition) is 1. The molecule has 0 spiro atoms. The number of rotatable bonds is 4. The molecule has 0 saturated carbocycles. The third-order valence-electron chi connectivity index (χ3n) is 4.46. The summed E-state index contributed by atoms with van der Waals surface area (Å²) in [6.07, 6.45) is 0.755.